The van der Waals surface area contributed by atoms with Crippen molar-refractivity contribution >= 4 is 36.6 Å². The number of nitrogens with one attached hydrogen (secondary N) is 3. The molecule has 18 heavy (non-hydrogen) atoms. The van der Waals surface area contributed by atoms with E-state index in [1.54, 1.807) is 0 Å². The van der Waals surface area contributed by atoms with E-state index in [1.165, 1.54) is 6.92 Å². The highest BCUT2D eigenvalue weighted by Crippen LogP contribution is 1.69. The molecule has 0 aliphatic heterocycles. The standard InChI is InChI=1S/C8H13N3O4.C2H6S/c1-6(13)2-10-8(15)4-11-7(14)3-9-5-12;1-2-3/h5H,2-4H2,1H3,(H,9,12)(H,10,15)(H,11,14);3H,2H2,1H3. The predicted molar refractivity (Wildman–Crippen MR) is 70.3 cm³/mol. The van der Waals surface area contributed by atoms with Crippen LogP contribution < -0.4 is 16.0 Å². The van der Waals surface area contributed by atoms with Gasteiger partial charge in [0.1, 0.15) is 5.78 Å². The van der Waals surface area contributed by atoms with Crippen molar-refractivity contribution in [3.05, 3.63) is 0 Å². The molecule has 0 rings (SSSR count). The van der Waals surface area contributed by atoms with Crippen LogP contribution in [0.25, 0.3) is 0 Å². The van der Waals surface area contributed by atoms with E-state index in [4.69, 9.17) is 0 Å². The van der Waals surface area contributed by atoms with Crippen LogP contribution >= 0.6 is 12.6 Å². The fourth-order valence-corrected chi connectivity index (χ4v) is 0.661. The van der Waals surface area contributed by atoms with Gasteiger partial charge in [-0.2, -0.15) is 12.6 Å². The van der Waals surface area contributed by atoms with Crippen LogP contribution in [-0.2, 0) is 19.2 Å². The Balaban J connectivity index is 0. The number of carbonyl (C=O) groups excluding carboxylic acids is 4. The molecule has 0 unspecified atom stereocenters. The van der Waals surface area contributed by atoms with E-state index >= 15 is 0 Å². The van der Waals surface area contributed by atoms with Gasteiger partial charge in [0.05, 0.1) is 19.6 Å². The van der Waals surface area contributed by atoms with Crippen LogP contribution in [0.2, 0.25) is 0 Å². The van der Waals surface area contributed by atoms with Crippen molar-refractivity contribution in [2.24, 2.45) is 0 Å². The lowest BCUT2D eigenvalue weighted by Crippen LogP contribution is -2.41. The third-order valence-electron chi connectivity index (χ3n) is 1.33. The molecule has 3 N–H and O–H groups in total. The zero-order valence-corrected chi connectivity index (χ0v) is 11.4. The summed E-state index contributed by atoms with van der Waals surface area (Å²) >= 11 is 3.79. The van der Waals surface area contributed by atoms with Crippen molar-refractivity contribution < 1.29 is 19.2 Å². The van der Waals surface area contributed by atoms with Gasteiger partial charge in [-0.3, -0.25) is 19.2 Å². The third-order valence-corrected chi connectivity index (χ3v) is 1.33. The molecule has 104 valence electrons. The average Bonchev–Trinajstić information content (AvgIpc) is 2.32. The molecule has 0 fully saturated rings. The van der Waals surface area contributed by atoms with Crippen LogP contribution in [0.3, 0.4) is 0 Å². The number of hydrogen-bond acceptors (Lipinski definition) is 5. The molecular weight excluding hydrogens is 258 g/mol. The maximum absolute atomic E-state index is 11.0. The highest BCUT2D eigenvalue weighted by Gasteiger charge is 2.04. The van der Waals surface area contributed by atoms with Gasteiger partial charge in [-0.1, -0.05) is 6.92 Å². The number of rotatable bonds is 7. The van der Waals surface area contributed by atoms with Crippen molar-refractivity contribution in [2.45, 2.75) is 13.8 Å². The summed E-state index contributed by atoms with van der Waals surface area (Å²) in [6, 6.07) is 0. The molecule has 0 saturated heterocycles. The molecule has 3 amide bonds. The molecule has 0 aromatic rings. The molecule has 7 nitrogen and oxygen atoms in total. The Labute approximate surface area is 111 Å². The van der Waals surface area contributed by atoms with Crippen LogP contribution in [0.1, 0.15) is 13.8 Å². The summed E-state index contributed by atoms with van der Waals surface area (Å²) in [7, 11) is 0. The maximum atomic E-state index is 11.0. The van der Waals surface area contributed by atoms with Gasteiger partial charge in [-0.15, -0.1) is 0 Å². The van der Waals surface area contributed by atoms with Gasteiger partial charge in [-0.25, -0.2) is 0 Å². The smallest absolute Gasteiger partial charge is 0.239 e. The van der Waals surface area contributed by atoms with Gasteiger partial charge in [0.15, 0.2) is 0 Å². The SMILES string of the molecule is CC(=O)CNC(=O)CNC(=O)CNC=O.CCS. The van der Waals surface area contributed by atoms with E-state index in [0.29, 0.717) is 6.41 Å². The first-order valence-electron chi connectivity index (χ1n) is 5.28. The lowest BCUT2D eigenvalue weighted by Gasteiger charge is -2.04. The number of Topliss-reactive ketones (excluding diaryl/α,β-unsaturated/α-hetero) is 1. The summed E-state index contributed by atoms with van der Waals surface area (Å²) in [5.74, 6) is -0.151. The summed E-state index contributed by atoms with van der Waals surface area (Å²) in [4.78, 5) is 42.1. The van der Waals surface area contributed by atoms with Gasteiger partial charge >= 0.3 is 0 Å². The molecule has 0 heterocycles. The molecule has 0 aromatic heterocycles. The number of amides is 3. The number of thiol groups is 1. The van der Waals surface area contributed by atoms with Gasteiger partial charge in [0.2, 0.25) is 18.2 Å². The summed E-state index contributed by atoms with van der Waals surface area (Å²) in [5.41, 5.74) is 0. The Bertz CT molecular complexity index is 284. The molecule has 0 spiro atoms. The fraction of sp³-hybridized carbons (Fsp3) is 0.600. The average molecular weight is 277 g/mol. The maximum Gasteiger partial charge on any atom is 0.239 e. The first kappa shape index (κ1) is 18.8. The van der Waals surface area contributed by atoms with Crippen molar-refractivity contribution in [2.75, 3.05) is 25.4 Å². The largest absolute Gasteiger partial charge is 0.350 e. The number of hydrogen-bond donors (Lipinski definition) is 4. The second kappa shape index (κ2) is 13.5. The number of carbonyl (C=O) groups is 4. The van der Waals surface area contributed by atoms with E-state index in [9.17, 15) is 19.2 Å². The van der Waals surface area contributed by atoms with Crippen LogP contribution in [0.4, 0.5) is 0 Å². The summed E-state index contributed by atoms with van der Waals surface area (Å²) < 4.78 is 0. The van der Waals surface area contributed by atoms with Crippen molar-refractivity contribution in [1.29, 1.82) is 0 Å². The predicted octanol–water partition coefficient (Wildman–Crippen LogP) is -1.51. The quantitative estimate of drug-likeness (QED) is 0.335. The topological polar surface area (TPSA) is 104 Å². The molecule has 0 saturated carbocycles. The van der Waals surface area contributed by atoms with Crippen LogP contribution in [0, 0.1) is 0 Å². The molecule has 0 aromatic carbocycles. The third kappa shape index (κ3) is 16.8. The lowest BCUT2D eigenvalue weighted by atomic mass is 10.4. The zero-order valence-electron chi connectivity index (χ0n) is 10.5. The van der Waals surface area contributed by atoms with Gasteiger partial charge in [-0.05, 0) is 12.7 Å². The first-order valence-corrected chi connectivity index (χ1v) is 5.91. The zero-order chi connectivity index (χ0) is 14.4. The molecule has 8 heteroatoms. The van der Waals surface area contributed by atoms with Gasteiger partial charge in [0, 0.05) is 0 Å². The minimum atomic E-state index is -0.472. The lowest BCUT2D eigenvalue weighted by molar-refractivity contribution is -0.127. The molecule has 0 atom stereocenters. The fourth-order valence-electron chi connectivity index (χ4n) is 0.661. The van der Waals surface area contributed by atoms with Crippen LogP contribution in [0.15, 0.2) is 0 Å². The highest BCUT2D eigenvalue weighted by atomic mass is 32.1. The van der Waals surface area contributed by atoms with E-state index in [1.807, 2.05) is 6.92 Å². The Morgan fingerprint density at radius 3 is 1.94 bits per heavy atom. The minimum Gasteiger partial charge on any atom is -0.350 e. The van der Waals surface area contributed by atoms with E-state index < -0.39 is 11.8 Å². The monoisotopic (exact) mass is 277 g/mol. The van der Waals surface area contributed by atoms with Crippen molar-refractivity contribution in [3.8, 4) is 0 Å². The van der Waals surface area contributed by atoms with E-state index in [-0.39, 0.29) is 25.4 Å². The summed E-state index contributed by atoms with van der Waals surface area (Å²) in [6.45, 7) is 2.88. The number of ketones is 1. The highest BCUT2D eigenvalue weighted by molar-refractivity contribution is 7.80. The second-order valence-electron chi connectivity index (χ2n) is 3.07. The van der Waals surface area contributed by atoms with E-state index in [2.05, 4.69) is 28.6 Å². The molecule has 0 aliphatic rings. The molecule has 0 bridgehead atoms. The summed E-state index contributed by atoms with van der Waals surface area (Å²) in [5, 5.41) is 6.70. The summed E-state index contributed by atoms with van der Waals surface area (Å²) in [6.07, 6.45) is 0.384. The van der Waals surface area contributed by atoms with Crippen LogP contribution in [0.5, 0.6) is 0 Å². The Kier molecular flexibility index (Phi) is 14.1. The van der Waals surface area contributed by atoms with Crippen molar-refractivity contribution in [1.82, 2.24) is 16.0 Å². The molecule has 0 aliphatic carbocycles. The normalized spacial score (nSPS) is 8.39. The van der Waals surface area contributed by atoms with E-state index in [0.717, 1.165) is 5.75 Å². The Morgan fingerprint density at radius 1 is 1.06 bits per heavy atom. The van der Waals surface area contributed by atoms with Gasteiger partial charge in [0.25, 0.3) is 0 Å². The second-order valence-corrected chi connectivity index (χ2v) is 3.70. The first-order chi connectivity index (χ1) is 8.47. The Hall–Kier alpha value is -1.57. The van der Waals surface area contributed by atoms with Crippen molar-refractivity contribution in [3.63, 3.8) is 0 Å². The minimum absolute atomic E-state index is 0.0543. The van der Waals surface area contributed by atoms with Crippen LogP contribution in [-0.4, -0.2) is 49.4 Å². The molecule has 0 radical (unpaired) electrons. The Morgan fingerprint density at radius 2 is 1.50 bits per heavy atom. The molecular formula is C10H19N3O4S. The van der Waals surface area contributed by atoms with Gasteiger partial charge < -0.3 is 16.0 Å².